The molecule has 0 radical (unpaired) electrons. The van der Waals surface area contributed by atoms with Crippen molar-refractivity contribution in [3.05, 3.63) is 27.2 Å². The van der Waals surface area contributed by atoms with Crippen LogP contribution in [0.1, 0.15) is 11.7 Å². The van der Waals surface area contributed by atoms with Crippen LogP contribution in [0.3, 0.4) is 0 Å². The predicted molar refractivity (Wildman–Crippen MR) is 59.7 cm³/mol. The fourth-order valence-electron chi connectivity index (χ4n) is 1.67. The maximum Gasteiger partial charge on any atom is 0.333 e. The van der Waals surface area contributed by atoms with E-state index in [1.54, 1.807) is 0 Å². The van der Waals surface area contributed by atoms with Gasteiger partial charge in [-0.2, -0.15) is 0 Å². The molecule has 8 nitrogen and oxygen atoms in total. The van der Waals surface area contributed by atoms with Crippen molar-refractivity contribution in [2.24, 2.45) is 12.8 Å². The summed E-state index contributed by atoms with van der Waals surface area (Å²) < 4.78 is 3.13. The molecule has 0 saturated carbocycles. The third-order valence-corrected chi connectivity index (χ3v) is 2.55. The Labute approximate surface area is 94.9 Å². The Morgan fingerprint density at radius 1 is 1.47 bits per heavy atom. The average Bonchev–Trinajstić information content (AvgIpc) is 2.71. The van der Waals surface area contributed by atoms with E-state index >= 15 is 0 Å². The summed E-state index contributed by atoms with van der Waals surface area (Å²) in [5.74, 6) is -0.355. The molecule has 0 saturated heterocycles. The molecule has 0 fully saturated rings. The van der Waals surface area contributed by atoms with Gasteiger partial charge in [-0.05, 0) is 0 Å². The first-order valence-electron chi connectivity index (χ1n) is 4.87. The van der Waals surface area contributed by atoms with E-state index in [0.717, 1.165) is 9.13 Å². The lowest BCUT2D eigenvalue weighted by Gasteiger charge is -2.05. The second-order valence-corrected chi connectivity index (χ2v) is 3.56. The van der Waals surface area contributed by atoms with E-state index in [2.05, 4.69) is 4.98 Å². The summed E-state index contributed by atoms with van der Waals surface area (Å²) in [4.78, 5) is 38.9. The van der Waals surface area contributed by atoms with Crippen molar-refractivity contribution in [3.63, 3.8) is 0 Å². The van der Waals surface area contributed by atoms with Crippen molar-refractivity contribution in [2.75, 3.05) is 0 Å². The zero-order valence-electron chi connectivity index (χ0n) is 9.38. The van der Waals surface area contributed by atoms with Crippen LogP contribution in [0.2, 0.25) is 0 Å². The van der Waals surface area contributed by atoms with Crippen LogP contribution in [0.25, 0.3) is 11.2 Å². The number of aryl methyl sites for hydroxylation is 1. The van der Waals surface area contributed by atoms with Gasteiger partial charge in [0, 0.05) is 14.0 Å². The molecule has 0 unspecified atom stereocenters. The molecule has 8 heteroatoms. The first kappa shape index (κ1) is 11.3. The Morgan fingerprint density at radius 2 is 2.12 bits per heavy atom. The van der Waals surface area contributed by atoms with E-state index in [-0.39, 0.29) is 23.7 Å². The van der Waals surface area contributed by atoms with E-state index in [0.29, 0.717) is 0 Å². The second kappa shape index (κ2) is 3.67. The highest BCUT2D eigenvalue weighted by atomic mass is 16.2. The lowest BCUT2D eigenvalue weighted by atomic mass is 10.5. The van der Waals surface area contributed by atoms with Crippen LogP contribution in [0.5, 0.6) is 0 Å². The van der Waals surface area contributed by atoms with Gasteiger partial charge in [-0.3, -0.25) is 18.7 Å². The molecule has 0 amide bonds. The van der Waals surface area contributed by atoms with Crippen LogP contribution in [-0.2, 0) is 13.7 Å². The number of carbonyl (C=O) groups excluding carboxylic acids is 1. The molecule has 2 aromatic heterocycles. The first-order valence-corrected chi connectivity index (χ1v) is 4.87. The summed E-state index contributed by atoms with van der Waals surface area (Å²) in [7, 11) is 1.47. The molecule has 0 bridgehead atoms. The van der Waals surface area contributed by atoms with Crippen molar-refractivity contribution in [1.29, 1.82) is 0 Å². The van der Waals surface area contributed by atoms with Gasteiger partial charge in [0.1, 0.15) is 6.33 Å². The van der Waals surface area contributed by atoms with Crippen LogP contribution in [-0.4, -0.2) is 24.6 Å². The molecular weight excluding hydrogens is 226 g/mol. The number of rotatable bonds is 1. The number of aromatic nitrogens is 4. The minimum Gasteiger partial charge on any atom is -0.313 e. The topological polar surface area (TPSA) is 105 Å². The largest absolute Gasteiger partial charge is 0.333 e. The molecule has 0 aliphatic heterocycles. The van der Waals surface area contributed by atoms with Gasteiger partial charge in [-0.25, -0.2) is 14.3 Å². The van der Waals surface area contributed by atoms with Gasteiger partial charge in [0.05, 0.1) is 6.67 Å². The minimum atomic E-state index is -0.613. The molecular formula is C9H11N5O3. The zero-order chi connectivity index (χ0) is 12.7. The van der Waals surface area contributed by atoms with Gasteiger partial charge in [0.2, 0.25) is 5.91 Å². The molecule has 0 aliphatic rings. The summed E-state index contributed by atoms with van der Waals surface area (Å²) in [6.07, 6.45) is 1.22. The number of imidazole rings is 1. The molecule has 2 aromatic rings. The Morgan fingerprint density at radius 3 is 2.65 bits per heavy atom. The van der Waals surface area contributed by atoms with E-state index < -0.39 is 11.2 Å². The van der Waals surface area contributed by atoms with Crippen molar-refractivity contribution >= 4 is 17.1 Å². The lowest BCUT2D eigenvalue weighted by molar-refractivity contribution is 0.0940. The zero-order valence-corrected chi connectivity index (χ0v) is 9.38. The standard InChI is InChI=1S/C9H11N5O3/c1-5(15)14-4-11-7-6(14)8(16)13(3-10)9(17)12(7)2/h4H,3,10H2,1-2H3. The van der Waals surface area contributed by atoms with Gasteiger partial charge >= 0.3 is 5.69 Å². The normalized spacial score (nSPS) is 11.0. The smallest absolute Gasteiger partial charge is 0.313 e. The van der Waals surface area contributed by atoms with Crippen LogP contribution in [0.4, 0.5) is 0 Å². The van der Waals surface area contributed by atoms with Crippen molar-refractivity contribution in [2.45, 2.75) is 13.6 Å². The highest BCUT2D eigenvalue weighted by molar-refractivity contribution is 5.86. The number of hydrogen-bond donors (Lipinski definition) is 1. The Kier molecular flexibility index (Phi) is 2.43. The maximum absolute atomic E-state index is 12.0. The summed E-state index contributed by atoms with van der Waals surface area (Å²) in [6.45, 7) is 1.06. The summed E-state index contributed by atoms with van der Waals surface area (Å²) in [5.41, 5.74) is 4.40. The van der Waals surface area contributed by atoms with Gasteiger partial charge in [-0.1, -0.05) is 0 Å². The number of nitrogens with zero attached hydrogens (tertiary/aromatic N) is 4. The van der Waals surface area contributed by atoms with Crippen LogP contribution in [0.15, 0.2) is 15.9 Å². The molecule has 0 aliphatic carbocycles. The molecule has 0 atom stereocenters. The SMILES string of the molecule is CC(=O)n1cnc2c1c(=O)n(CN)c(=O)n2C. The summed E-state index contributed by atoms with van der Waals surface area (Å²) >= 11 is 0. The van der Waals surface area contributed by atoms with E-state index in [9.17, 15) is 14.4 Å². The molecule has 17 heavy (non-hydrogen) atoms. The molecule has 2 rings (SSSR count). The molecule has 0 spiro atoms. The fraction of sp³-hybridized carbons (Fsp3) is 0.333. The highest BCUT2D eigenvalue weighted by Gasteiger charge is 2.16. The van der Waals surface area contributed by atoms with Gasteiger partial charge in [0.25, 0.3) is 5.56 Å². The van der Waals surface area contributed by atoms with E-state index in [1.165, 1.54) is 24.9 Å². The van der Waals surface area contributed by atoms with E-state index in [4.69, 9.17) is 5.73 Å². The van der Waals surface area contributed by atoms with E-state index in [1.807, 2.05) is 0 Å². The van der Waals surface area contributed by atoms with Crippen LogP contribution >= 0.6 is 0 Å². The molecule has 90 valence electrons. The quantitative estimate of drug-likeness (QED) is 0.648. The average molecular weight is 237 g/mol. The molecule has 2 heterocycles. The van der Waals surface area contributed by atoms with Crippen molar-refractivity contribution in [3.8, 4) is 0 Å². The van der Waals surface area contributed by atoms with Crippen LogP contribution in [0, 0.1) is 0 Å². The third-order valence-electron chi connectivity index (χ3n) is 2.55. The highest BCUT2D eigenvalue weighted by Crippen LogP contribution is 2.04. The molecule has 2 N–H and O–H groups in total. The fourth-order valence-corrected chi connectivity index (χ4v) is 1.67. The Balaban J connectivity index is 3.09. The predicted octanol–water partition coefficient (Wildman–Crippen LogP) is -1.53. The van der Waals surface area contributed by atoms with Crippen molar-refractivity contribution < 1.29 is 4.79 Å². The van der Waals surface area contributed by atoms with Crippen molar-refractivity contribution in [1.82, 2.24) is 18.7 Å². The third kappa shape index (κ3) is 1.41. The molecule has 0 aromatic carbocycles. The number of carbonyl (C=O) groups is 1. The second-order valence-electron chi connectivity index (χ2n) is 3.56. The number of hydrogen-bond acceptors (Lipinski definition) is 5. The minimum absolute atomic E-state index is 0.0602. The van der Waals surface area contributed by atoms with Gasteiger partial charge < -0.3 is 5.73 Å². The maximum atomic E-state index is 12.0. The first-order chi connectivity index (χ1) is 7.99. The number of fused-ring (bicyclic) bond motifs is 1. The van der Waals surface area contributed by atoms with Gasteiger partial charge in [-0.15, -0.1) is 0 Å². The van der Waals surface area contributed by atoms with Crippen LogP contribution < -0.4 is 17.0 Å². The monoisotopic (exact) mass is 237 g/mol. The van der Waals surface area contributed by atoms with Gasteiger partial charge in [0.15, 0.2) is 11.2 Å². The summed E-state index contributed by atoms with van der Waals surface area (Å²) in [5, 5.41) is 0. The summed E-state index contributed by atoms with van der Waals surface area (Å²) in [6, 6.07) is 0. The Hall–Kier alpha value is -2.22. The lowest BCUT2D eigenvalue weighted by Crippen LogP contribution is -2.41. The Bertz CT molecular complexity index is 721. The number of nitrogens with two attached hydrogens (primary N) is 1.